The summed E-state index contributed by atoms with van der Waals surface area (Å²) in [5, 5.41) is 0. The lowest BCUT2D eigenvalue weighted by atomic mass is 9.86. The summed E-state index contributed by atoms with van der Waals surface area (Å²) in [6.07, 6.45) is 5.23. The van der Waals surface area contributed by atoms with Crippen molar-refractivity contribution in [2.45, 2.75) is 38.3 Å². The molecule has 2 atom stereocenters. The van der Waals surface area contributed by atoms with Gasteiger partial charge in [0.05, 0.1) is 81.5 Å². The second-order valence-electron chi connectivity index (χ2n) is 15.1. The molecule has 0 aromatic heterocycles. The van der Waals surface area contributed by atoms with Crippen LogP contribution in [0.25, 0.3) is 0 Å². The maximum atomic E-state index is 12.6. The summed E-state index contributed by atoms with van der Waals surface area (Å²) in [6, 6.07) is 16.5. The minimum atomic E-state index is -0.574. The van der Waals surface area contributed by atoms with Gasteiger partial charge in [-0.2, -0.15) is 0 Å². The van der Waals surface area contributed by atoms with Crippen molar-refractivity contribution in [1.29, 1.82) is 0 Å². The van der Waals surface area contributed by atoms with E-state index >= 15 is 0 Å². The van der Waals surface area contributed by atoms with E-state index in [4.69, 9.17) is 42.6 Å². The fraction of sp³-hybridized carbons (Fsp3) is 0.500. The third-order valence-electron chi connectivity index (χ3n) is 11.5. The van der Waals surface area contributed by atoms with E-state index in [0.717, 1.165) is 90.3 Å². The normalized spacial score (nSPS) is 19.6. The van der Waals surface area contributed by atoms with Gasteiger partial charge in [-0.15, -0.1) is 0 Å². The number of ether oxygens (including phenoxy) is 9. The lowest BCUT2D eigenvalue weighted by Gasteiger charge is -2.46. The molecule has 0 N–H and O–H groups in total. The van der Waals surface area contributed by atoms with Gasteiger partial charge in [0, 0.05) is 49.0 Å². The average molecular weight is 791 g/mol. The number of nitrogens with zero attached hydrogens (tertiary/aromatic N) is 2. The van der Waals surface area contributed by atoms with Crippen LogP contribution in [0.1, 0.15) is 41.1 Å². The van der Waals surface area contributed by atoms with Gasteiger partial charge in [0.2, 0.25) is 0 Å². The molecule has 2 unspecified atom stereocenters. The molecule has 0 aliphatic carbocycles. The highest BCUT2D eigenvalue weighted by atomic mass is 16.6. The van der Waals surface area contributed by atoms with Crippen LogP contribution in [-0.4, -0.2) is 129 Å². The van der Waals surface area contributed by atoms with Crippen molar-refractivity contribution in [2.75, 3.05) is 108 Å². The van der Waals surface area contributed by atoms with Crippen molar-refractivity contribution in [3.8, 4) is 34.5 Å². The Morgan fingerprint density at radius 2 is 1.30 bits per heavy atom. The highest BCUT2D eigenvalue weighted by Crippen LogP contribution is 2.43. The second-order valence-corrected chi connectivity index (χ2v) is 15.1. The smallest absolute Gasteiger partial charge is 0.331 e. The number of carbonyl (C=O) groups is 2. The van der Waals surface area contributed by atoms with E-state index in [1.54, 1.807) is 28.4 Å². The zero-order valence-corrected chi connectivity index (χ0v) is 34.0. The molecule has 57 heavy (non-hydrogen) atoms. The fourth-order valence-corrected chi connectivity index (χ4v) is 8.33. The summed E-state index contributed by atoms with van der Waals surface area (Å²) in [5.74, 6) is 3.19. The molecule has 0 amide bonds. The molecular formula is C44H58N2O11+2. The zero-order chi connectivity index (χ0) is 40.3. The van der Waals surface area contributed by atoms with Crippen LogP contribution in [0, 0.1) is 0 Å². The highest BCUT2D eigenvalue weighted by molar-refractivity contribution is 5.91. The number of fused-ring (bicyclic) bond motifs is 2. The first-order chi connectivity index (χ1) is 27.7. The number of quaternary nitrogens is 2. The van der Waals surface area contributed by atoms with E-state index < -0.39 is 11.9 Å². The van der Waals surface area contributed by atoms with E-state index in [1.165, 1.54) is 16.7 Å². The van der Waals surface area contributed by atoms with Gasteiger partial charge in [-0.1, -0.05) is 6.07 Å². The average Bonchev–Trinajstić information content (AvgIpc) is 3.24. The van der Waals surface area contributed by atoms with Gasteiger partial charge < -0.3 is 51.6 Å². The molecule has 1 fully saturated rings. The molecular weight excluding hydrogens is 732 g/mol. The summed E-state index contributed by atoms with van der Waals surface area (Å²) < 4.78 is 52.2. The lowest BCUT2D eigenvalue weighted by Crippen LogP contribution is -2.55. The van der Waals surface area contributed by atoms with Crippen LogP contribution in [0.4, 0.5) is 0 Å². The second kappa shape index (κ2) is 19.4. The number of morpholine rings is 1. The SMILES string of the molecule is COc1ccc(CC2c3cc(OC)c(OC)cc3CC[N+]2(C)CCCOC(=O)C=CC(=O)OCCC[N+]2(Cc3ccc4c(c3)OCCO4)CCOCC2)cc1OC. The van der Waals surface area contributed by atoms with Crippen LogP contribution in [0.2, 0.25) is 0 Å². The van der Waals surface area contributed by atoms with Crippen molar-refractivity contribution in [3.05, 3.63) is 82.9 Å². The molecule has 3 aromatic carbocycles. The van der Waals surface area contributed by atoms with Crippen molar-refractivity contribution in [1.82, 2.24) is 0 Å². The van der Waals surface area contributed by atoms with Crippen LogP contribution in [-0.2, 0) is 43.2 Å². The standard InChI is InChI=1S/C44H58N2O11/c1-45(17-14-34-29-40(51-4)41(52-5)30-35(34)36(45)26-32-8-10-37(49-2)39(27-32)50-3)15-6-20-56-43(47)12-13-44(48)57-21-7-16-46(18-22-53-23-19-46)31-33-9-11-38-42(28-33)55-25-24-54-38/h8-13,27-30,36H,6-7,14-26,31H2,1-5H3/q+2. The lowest BCUT2D eigenvalue weighted by molar-refractivity contribution is -0.947. The van der Waals surface area contributed by atoms with Crippen molar-refractivity contribution >= 4 is 11.9 Å². The molecule has 0 saturated carbocycles. The summed E-state index contributed by atoms with van der Waals surface area (Å²) in [4.78, 5) is 25.2. The van der Waals surface area contributed by atoms with Gasteiger partial charge in [0.15, 0.2) is 34.5 Å². The predicted octanol–water partition coefficient (Wildman–Crippen LogP) is 5.25. The number of rotatable bonds is 18. The summed E-state index contributed by atoms with van der Waals surface area (Å²) in [7, 11) is 8.84. The minimum absolute atomic E-state index is 0.0884. The Balaban J connectivity index is 0.990. The number of methoxy groups -OCH3 is 4. The van der Waals surface area contributed by atoms with Gasteiger partial charge >= 0.3 is 11.9 Å². The Morgan fingerprint density at radius 3 is 1.98 bits per heavy atom. The topological polar surface area (TPSA) is 117 Å². The molecule has 0 bridgehead atoms. The van der Waals surface area contributed by atoms with Crippen molar-refractivity contribution < 1.29 is 61.2 Å². The van der Waals surface area contributed by atoms with Crippen molar-refractivity contribution in [2.24, 2.45) is 0 Å². The van der Waals surface area contributed by atoms with E-state index in [1.807, 2.05) is 18.2 Å². The largest absolute Gasteiger partial charge is 0.493 e. The minimum Gasteiger partial charge on any atom is -0.493 e. The van der Waals surface area contributed by atoms with Crippen LogP contribution < -0.4 is 28.4 Å². The molecule has 13 heteroatoms. The maximum Gasteiger partial charge on any atom is 0.331 e. The Bertz CT molecular complexity index is 1870. The molecule has 1 saturated heterocycles. The summed E-state index contributed by atoms with van der Waals surface area (Å²) in [5.41, 5.74) is 4.73. The van der Waals surface area contributed by atoms with Crippen LogP contribution in [0.5, 0.6) is 34.5 Å². The first kappa shape index (κ1) is 41.6. The summed E-state index contributed by atoms with van der Waals surface area (Å²) in [6.45, 7) is 8.04. The quantitative estimate of drug-likeness (QED) is 0.0729. The number of likely N-dealkylation sites (N-methyl/N-ethyl adjacent to an activating group) is 1. The molecule has 308 valence electrons. The van der Waals surface area contributed by atoms with E-state index in [9.17, 15) is 9.59 Å². The van der Waals surface area contributed by atoms with E-state index in [2.05, 4.69) is 37.4 Å². The van der Waals surface area contributed by atoms with Gasteiger partial charge in [-0.25, -0.2) is 9.59 Å². The van der Waals surface area contributed by atoms with Gasteiger partial charge in [-0.05, 0) is 53.6 Å². The van der Waals surface area contributed by atoms with Crippen molar-refractivity contribution in [3.63, 3.8) is 0 Å². The van der Waals surface area contributed by atoms with Crippen LogP contribution in [0.3, 0.4) is 0 Å². The third kappa shape index (κ3) is 10.5. The highest BCUT2D eigenvalue weighted by Gasteiger charge is 2.40. The fourth-order valence-electron chi connectivity index (χ4n) is 8.33. The van der Waals surface area contributed by atoms with Crippen LogP contribution >= 0.6 is 0 Å². The maximum absolute atomic E-state index is 12.6. The molecule has 0 radical (unpaired) electrons. The molecule has 3 aromatic rings. The number of benzene rings is 3. The number of carbonyl (C=O) groups excluding carboxylic acids is 2. The van der Waals surface area contributed by atoms with Gasteiger partial charge in [-0.3, -0.25) is 0 Å². The van der Waals surface area contributed by atoms with E-state index in [0.29, 0.717) is 62.3 Å². The first-order valence-corrected chi connectivity index (χ1v) is 19.8. The van der Waals surface area contributed by atoms with E-state index in [-0.39, 0.29) is 19.3 Å². The van der Waals surface area contributed by atoms with Gasteiger partial charge in [0.25, 0.3) is 0 Å². The molecule has 13 nitrogen and oxygen atoms in total. The monoisotopic (exact) mass is 790 g/mol. The Kier molecular flexibility index (Phi) is 14.2. The molecule has 6 rings (SSSR count). The number of esters is 2. The number of hydrogen-bond acceptors (Lipinski definition) is 11. The molecule has 3 heterocycles. The Hall–Kier alpha value is -4.98. The first-order valence-electron chi connectivity index (χ1n) is 19.8. The van der Waals surface area contributed by atoms with Gasteiger partial charge in [0.1, 0.15) is 38.9 Å². The third-order valence-corrected chi connectivity index (χ3v) is 11.5. The zero-order valence-electron chi connectivity index (χ0n) is 34.0. The predicted molar refractivity (Wildman–Crippen MR) is 212 cm³/mol. The molecule has 3 aliphatic heterocycles. The number of hydrogen-bond donors (Lipinski definition) is 0. The Morgan fingerprint density at radius 1 is 0.684 bits per heavy atom. The molecule has 3 aliphatic rings. The molecule has 0 spiro atoms. The Labute approximate surface area is 336 Å². The summed E-state index contributed by atoms with van der Waals surface area (Å²) >= 11 is 0. The van der Waals surface area contributed by atoms with Crippen LogP contribution in [0.15, 0.2) is 60.7 Å².